The van der Waals surface area contributed by atoms with E-state index in [0.717, 1.165) is 24.1 Å². The maximum atomic E-state index is 12.9. The number of nitrogens with one attached hydrogen (secondary N) is 2. The van der Waals surface area contributed by atoms with Crippen LogP contribution >= 0.6 is 11.6 Å². The molecule has 0 amide bonds. The van der Waals surface area contributed by atoms with Crippen molar-refractivity contribution in [2.24, 2.45) is 0 Å². The van der Waals surface area contributed by atoms with Gasteiger partial charge in [0.15, 0.2) is 5.82 Å². The molecule has 3 heterocycles. The molecular formula is C19H19ClN4O2S. The highest BCUT2D eigenvalue weighted by molar-refractivity contribution is 7.85. The molecule has 6 nitrogen and oxygen atoms in total. The van der Waals surface area contributed by atoms with Gasteiger partial charge in [-0.15, -0.1) is 0 Å². The Kier molecular flexibility index (Phi) is 5.52. The molecule has 2 aromatic heterocycles. The fourth-order valence-corrected chi connectivity index (χ4v) is 4.75. The summed E-state index contributed by atoms with van der Waals surface area (Å²) in [5, 5.41) is 10.8. The molecule has 4 rings (SSSR count). The second-order valence-corrected chi connectivity index (χ2v) is 8.40. The molecule has 8 heteroatoms. The number of benzene rings is 1. The SMILES string of the molecule is O=S(c1cc(Cl)nc(Nc2cc(-c3ccccc3)[nH]n2)c1)C1CCOCC1. The lowest BCUT2D eigenvalue weighted by Gasteiger charge is -2.21. The van der Waals surface area contributed by atoms with Crippen LogP contribution in [-0.2, 0) is 15.5 Å². The summed E-state index contributed by atoms with van der Waals surface area (Å²) in [6.07, 6.45) is 1.57. The summed E-state index contributed by atoms with van der Waals surface area (Å²) in [6, 6.07) is 15.3. The third-order valence-electron chi connectivity index (χ3n) is 4.39. The third kappa shape index (κ3) is 4.37. The van der Waals surface area contributed by atoms with Crippen LogP contribution in [0, 0.1) is 0 Å². The Hall–Kier alpha value is -2.22. The Bertz CT molecular complexity index is 942. The number of pyridine rings is 1. The lowest BCUT2D eigenvalue weighted by molar-refractivity contribution is 0.0992. The van der Waals surface area contributed by atoms with Crippen LogP contribution in [0.2, 0.25) is 5.15 Å². The zero-order valence-corrected chi connectivity index (χ0v) is 16.1. The average Bonchev–Trinajstić information content (AvgIpc) is 3.17. The Labute approximate surface area is 164 Å². The smallest absolute Gasteiger partial charge is 0.153 e. The van der Waals surface area contributed by atoms with Crippen LogP contribution in [0.3, 0.4) is 0 Å². The van der Waals surface area contributed by atoms with Crippen LogP contribution in [-0.4, -0.2) is 37.9 Å². The number of anilines is 2. The first-order valence-corrected chi connectivity index (χ1v) is 10.3. The number of H-pyrrole nitrogens is 1. The van der Waals surface area contributed by atoms with Gasteiger partial charge in [-0.1, -0.05) is 41.9 Å². The van der Waals surface area contributed by atoms with Crippen molar-refractivity contribution in [3.8, 4) is 11.3 Å². The lowest BCUT2D eigenvalue weighted by Crippen LogP contribution is -2.25. The maximum absolute atomic E-state index is 12.9. The maximum Gasteiger partial charge on any atom is 0.153 e. The molecule has 1 unspecified atom stereocenters. The molecule has 1 aliphatic rings. The van der Waals surface area contributed by atoms with E-state index in [2.05, 4.69) is 20.5 Å². The van der Waals surface area contributed by atoms with Crippen molar-refractivity contribution in [3.63, 3.8) is 0 Å². The molecule has 0 radical (unpaired) electrons. The minimum absolute atomic E-state index is 0.0835. The summed E-state index contributed by atoms with van der Waals surface area (Å²) in [7, 11) is -1.15. The van der Waals surface area contributed by atoms with Gasteiger partial charge in [0.05, 0.1) is 16.5 Å². The fourth-order valence-electron chi connectivity index (χ4n) is 3.02. The largest absolute Gasteiger partial charge is 0.381 e. The van der Waals surface area contributed by atoms with E-state index in [9.17, 15) is 4.21 Å². The highest BCUT2D eigenvalue weighted by atomic mass is 35.5. The highest BCUT2D eigenvalue weighted by Crippen LogP contribution is 2.26. The molecule has 0 bridgehead atoms. The van der Waals surface area contributed by atoms with Crippen LogP contribution in [0.15, 0.2) is 53.4 Å². The molecular weight excluding hydrogens is 384 g/mol. The Morgan fingerprint density at radius 1 is 1.11 bits per heavy atom. The van der Waals surface area contributed by atoms with Gasteiger partial charge in [-0.25, -0.2) is 4.98 Å². The minimum Gasteiger partial charge on any atom is -0.381 e. The fraction of sp³-hybridized carbons (Fsp3) is 0.263. The Morgan fingerprint density at radius 2 is 1.89 bits per heavy atom. The summed E-state index contributed by atoms with van der Waals surface area (Å²) in [5.74, 6) is 1.13. The van der Waals surface area contributed by atoms with Crippen molar-refractivity contribution in [1.29, 1.82) is 0 Å². The van der Waals surface area contributed by atoms with Crippen LogP contribution < -0.4 is 5.32 Å². The molecule has 1 saturated heterocycles. The normalized spacial score (nSPS) is 16.2. The van der Waals surface area contributed by atoms with Gasteiger partial charge >= 0.3 is 0 Å². The molecule has 1 atom stereocenters. The number of aromatic nitrogens is 3. The number of aromatic amines is 1. The van der Waals surface area contributed by atoms with E-state index in [1.807, 2.05) is 36.4 Å². The van der Waals surface area contributed by atoms with Crippen molar-refractivity contribution in [2.45, 2.75) is 23.0 Å². The van der Waals surface area contributed by atoms with Crippen LogP contribution in [0.4, 0.5) is 11.6 Å². The number of halogens is 1. The van der Waals surface area contributed by atoms with Gasteiger partial charge in [-0.3, -0.25) is 9.31 Å². The quantitative estimate of drug-likeness (QED) is 0.626. The van der Waals surface area contributed by atoms with Gasteiger partial charge in [0.2, 0.25) is 0 Å². The van der Waals surface area contributed by atoms with E-state index in [1.165, 1.54) is 0 Å². The minimum atomic E-state index is -1.15. The molecule has 0 saturated carbocycles. The topological polar surface area (TPSA) is 79.9 Å². The van der Waals surface area contributed by atoms with Gasteiger partial charge in [0, 0.05) is 29.4 Å². The number of rotatable bonds is 5. The molecule has 2 N–H and O–H groups in total. The average molecular weight is 403 g/mol. The summed E-state index contributed by atoms with van der Waals surface area (Å²) < 4.78 is 18.2. The van der Waals surface area contributed by atoms with Crippen LogP contribution in [0.25, 0.3) is 11.3 Å². The van der Waals surface area contributed by atoms with E-state index < -0.39 is 10.8 Å². The third-order valence-corrected chi connectivity index (χ3v) is 6.36. The van der Waals surface area contributed by atoms with Crippen molar-refractivity contribution >= 4 is 34.0 Å². The first-order chi connectivity index (χ1) is 13.2. The van der Waals surface area contributed by atoms with Gasteiger partial charge < -0.3 is 10.1 Å². The molecule has 0 spiro atoms. The Morgan fingerprint density at radius 3 is 2.67 bits per heavy atom. The monoisotopic (exact) mass is 402 g/mol. The zero-order chi connectivity index (χ0) is 18.6. The second kappa shape index (κ2) is 8.21. The molecule has 1 aromatic carbocycles. The standard InChI is InChI=1S/C19H19ClN4O2S/c20-17-10-15(27(25)14-6-8-26-9-7-14)11-18(21-17)22-19-12-16(23-24-19)13-4-2-1-3-5-13/h1-5,10-12,14H,6-9H2,(H2,21,22,23,24). The Balaban J connectivity index is 1.53. The number of hydrogen-bond acceptors (Lipinski definition) is 5. The van der Waals surface area contributed by atoms with E-state index in [0.29, 0.717) is 34.9 Å². The van der Waals surface area contributed by atoms with Crippen molar-refractivity contribution in [1.82, 2.24) is 15.2 Å². The summed E-state index contributed by atoms with van der Waals surface area (Å²) >= 11 is 6.16. The molecule has 27 heavy (non-hydrogen) atoms. The first-order valence-electron chi connectivity index (χ1n) is 8.73. The van der Waals surface area contributed by atoms with Crippen molar-refractivity contribution in [2.75, 3.05) is 18.5 Å². The summed E-state index contributed by atoms with van der Waals surface area (Å²) in [5.41, 5.74) is 1.93. The van der Waals surface area contributed by atoms with Gasteiger partial charge in [-0.2, -0.15) is 5.10 Å². The molecule has 1 aliphatic heterocycles. The summed E-state index contributed by atoms with van der Waals surface area (Å²) in [6.45, 7) is 1.30. The second-order valence-electron chi connectivity index (χ2n) is 6.28. The zero-order valence-electron chi connectivity index (χ0n) is 14.5. The van der Waals surface area contributed by atoms with E-state index >= 15 is 0 Å². The predicted molar refractivity (Wildman–Crippen MR) is 107 cm³/mol. The van der Waals surface area contributed by atoms with Crippen molar-refractivity contribution in [3.05, 3.63) is 53.7 Å². The lowest BCUT2D eigenvalue weighted by atomic mass is 10.2. The number of hydrogen-bond donors (Lipinski definition) is 2. The number of ether oxygens (including phenoxy) is 1. The molecule has 140 valence electrons. The number of nitrogens with zero attached hydrogens (tertiary/aromatic N) is 2. The summed E-state index contributed by atoms with van der Waals surface area (Å²) in [4.78, 5) is 4.95. The van der Waals surface area contributed by atoms with Crippen LogP contribution in [0.1, 0.15) is 12.8 Å². The van der Waals surface area contributed by atoms with E-state index in [4.69, 9.17) is 16.3 Å². The van der Waals surface area contributed by atoms with Crippen LogP contribution in [0.5, 0.6) is 0 Å². The first kappa shape index (κ1) is 18.2. The van der Waals surface area contributed by atoms with Gasteiger partial charge in [-0.05, 0) is 30.5 Å². The predicted octanol–water partition coefficient (Wildman–Crippen LogP) is 4.16. The van der Waals surface area contributed by atoms with Gasteiger partial charge in [0.25, 0.3) is 0 Å². The highest BCUT2D eigenvalue weighted by Gasteiger charge is 2.22. The molecule has 3 aromatic rings. The molecule has 0 aliphatic carbocycles. The van der Waals surface area contributed by atoms with Gasteiger partial charge in [0.1, 0.15) is 11.0 Å². The van der Waals surface area contributed by atoms with E-state index in [-0.39, 0.29) is 5.25 Å². The van der Waals surface area contributed by atoms with Crippen molar-refractivity contribution < 1.29 is 8.95 Å². The van der Waals surface area contributed by atoms with E-state index in [1.54, 1.807) is 12.1 Å². The molecule has 1 fully saturated rings.